The molecule has 3 N–H and O–H groups in total. The van der Waals surface area contributed by atoms with Crippen molar-refractivity contribution in [1.82, 2.24) is 5.43 Å². The van der Waals surface area contributed by atoms with E-state index in [0.29, 0.717) is 12.1 Å². The summed E-state index contributed by atoms with van der Waals surface area (Å²) in [6.07, 6.45) is 8.51. The van der Waals surface area contributed by atoms with Crippen molar-refractivity contribution in [2.45, 2.75) is 57.1 Å². The lowest BCUT2D eigenvalue weighted by Crippen LogP contribution is -2.35. The molecule has 0 spiro atoms. The van der Waals surface area contributed by atoms with Crippen LogP contribution in [0.5, 0.6) is 5.75 Å². The third kappa shape index (κ3) is 5.65. The Morgan fingerprint density at radius 1 is 1.33 bits per heavy atom. The first kappa shape index (κ1) is 16.3. The highest BCUT2D eigenvalue weighted by Gasteiger charge is 2.15. The number of nitrogens with one attached hydrogen (secondary N) is 1. The zero-order valence-corrected chi connectivity index (χ0v) is 13.0. The van der Waals surface area contributed by atoms with E-state index in [1.165, 1.54) is 31.2 Å². The lowest BCUT2D eigenvalue weighted by Gasteiger charge is -2.17. The standard InChI is InChI=1S/C17H28N2O2/c1-20-16-11-8-14(9-12-16)7-10-15(19-18)4-2-5-17-6-3-13-21-17/h8-9,11-12,15,17,19H,2-7,10,13,18H2,1H3. The predicted octanol–water partition coefficient (Wildman–Crippen LogP) is 2.81. The van der Waals surface area contributed by atoms with Crippen molar-refractivity contribution in [3.05, 3.63) is 29.8 Å². The molecule has 1 aromatic rings. The van der Waals surface area contributed by atoms with Crippen LogP contribution in [-0.2, 0) is 11.2 Å². The van der Waals surface area contributed by atoms with E-state index < -0.39 is 0 Å². The number of hydrogen-bond donors (Lipinski definition) is 2. The summed E-state index contributed by atoms with van der Waals surface area (Å²) in [4.78, 5) is 0. The third-order valence-electron chi connectivity index (χ3n) is 4.28. The molecule has 1 heterocycles. The molecule has 1 fully saturated rings. The summed E-state index contributed by atoms with van der Waals surface area (Å²) in [6.45, 7) is 0.945. The highest BCUT2D eigenvalue weighted by atomic mass is 16.5. The molecule has 2 rings (SSSR count). The molecule has 1 saturated heterocycles. The Morgan fingerprint density at radius 2 is 2.14 bits per heavy atom. The Hall–Kier alpha value is -1.10. The van der Waals surface area contributed by atoms with Crippen LogP contribution in [-0.4, -0.2) is 25.9 Å². The van der Waals surface area contributed by atoms with Crippen LogP contribution < -0.4 is 16.0 Å². The second-order valence-corrected chi connectivity index (χ2v) is 5.82. The molecule has 2 unspecified atom stereocenters. The van der Waals surface area contributed by atoms with Crippen molar-refractivity contribution in [2.24, 2.45) is 5.84 Å². The molecule has 0 radical (unpaired) electrons. The number of aryl methyl sites for hydroxylation is 1. The van der Waals surface area contributed by atoms with E-state index in [1.807, 2.05) is 12.1 Å². The second kappa shape index (κ2) is 9.03. The van der Waals surface area contributed by atoms with E-state index in [9.17, 15) is 0 Å². The molecule has 0 saturated carbocycles. The average Bonchev–Trinajstić information content (AvgIpc) is 3.04. The molecule has 118 valence electrons. The van der Waals surface area contributed by atoms with Gasteiger partial charge in [0.05, 0.1) is 13.2 Å². The molecular weight excluding hydrogens is 264 g/mol. The van der Waals surface area contributed by atoms with E-state index in [0.717, 1.165) is 31.6 Å². The van der Waals surface area contributed by atoms with Crippen molar-refractivity contribution in [3.63, 3.8) is 0 Å². The van der Waals surface area contributed by atoms with Gasteiger partial charge in [-0.05, 0) is 62.6 Å². The highest BCUT2D eigenvalue weighted by molar-refractivity contribution is 5.27. The molecule has 1 aromatic carbocycles. The Labute approximate surface area is 128 Å². The summed E-state index contributed by atoms with van der Waals surface area (Å²) in [5.41, 5.74) is 4.28. The summed E-state index contributed by atoms with van der Waals surface area (Å²) < 4.78 is 10.8. The largest absolute Gasteiger partial charge is 0.497 e. The molecule has 0 amide bonds. The molecule has 0 aliphatic carbocycles. The van der Waals surface area contributed by atoms with Crippen molar-refractivity contribution in [2.75, 3.05) is 13.7 Å². The van der Waals surface area contributed by atoms with Gasteiger partial charge < -0.3 is 9.47 Å². The maximum absolute atomic E-state index is 5.68. The van der Waals surface area contributed by atoms with E-state index in [2.05, 4.69) is 17.6 Å². The highest BCUT2D eigenvalue weighted by Crippen LogP contribution is 2.19. The maximum Gasteiger partial charge on any atom is 0.118 e. The van der Waals surface area contributed by atoms with Crippen molar-refractivity contribution in [1.29, 1.82) is 0 Å². The number of benzene rings is 1. The summed E-state index contributed by atoms with van der Waals surface area (Å²) in [7, 11) is 1.69. The summed E-state index contributed by atoms with van der Waals surface area (Å²) >= 11 is 0. The fourth-order valence-corrected chi connectivity index (χ4v) is 2.91. The van der Waals surface area contributed by atoms with Gasteiger partial charge in [0.15, 0.2) is 0 Å². The van der Waals surface area contributed by atoms with Gasteiger partial charge in [0, 0.05) is 12.6 Å². The van der Waals surface area contributed by atoms with E-state index in [-0.39, 0.29) is 0 Å². The smallest absolute Gasteiger partial charge is 0.118 e. The number of rotatable bonds is 9. The van der Waals surface area contributed by atoms with Crippen LogP contribution in [0.3, 0.4) is 0 Å². The van der Waals surface area contributed by atoms with Crippen LogP contribution in [0, 0.1) is 0 Å². The van der Waals surface area contributed by atoms with E-state index in [4.69, 9.17) is 15.3 Å². The molecule has 0 aromatic heterocycles. The van der Waals surface area contributed by atoms with Crippen LogP contribution in [0.15, 0.2) is 24.3 Å². The normalized spacial score (nSPS) is 19.6. The number of methoxy groups -OCH3 is 1. The number of ether oxygens (including phenoxy) is 2. The minimum atomic E-state index is 0.383. The van der Waals surface area contributed by atoms with Gasteiger partial charge in [0.2, 0.25) is 0 Å². The SMILES string of the molecule is COc1ccc(CCC(CCCC2CCCO2)NN)cc1. The van der Waals surface area contributed by atoms with Gasteiger partial charge in [-0.1, -0.05) is 12.1 Å². The van der Waals surface area contributed by atoms with E-state index in [1.54, 1.807) is 7.11 Å². The monoisotopic (exact) mass is 292 g/mol. The Balaban J connectivity index is 1.66. The van der Waals surface area contributed by atoms with Crippen LogP contribution in [0.1, 0.15) is 44.1 Å². The molecule has 2 atom stereocenters. The molecule has 0 bridgehead atoms. The fourth-order valence-electron chi connectivity index (χ4n) is 2.91. The van der Waals surface area contributed by atoms with Gasteiger partial charge in [-0.3, -0.25) is 11.3 Å². The van der Waals surface area contributed by atoms with Crippen LogP contribution in [0.4, 0.5) is 0 Å². The Morgan fingerprint density at radius 3 is 2.76 bits per heavy atom. The van der Waals surface area contributed by atoms with Gasteiger partial charge in [0.1, 0.15) is 5.75 Å². The lowest BCUT2D eigenvalue weighted by atomic mass is 10.00. The van der Waals surface area contributed by atoms with Crippen LogP contribution in [0.2, 0.25) is 0 Å². The lowest BCUT2D eigenvalue weighted by molar-refractivity contribution is 0.101. The summed E-state index contributed by atoms with van der Waals surface area (Å²) in [6, 6.07) is 8.65. The Kier molecular flexibility index (Phi) is 7.00. The molecule has 4 heteroatoms. The molecule has 4 nitrogen and oxygen atoms in total. The number of hydrogen-bond acceptors (Lipinski definition) is 4. The topological polar surface area (TPSA) is 56.5 Å². The van der Waals surface area contributed by atoms with Crippen LogP contribution >= 0.6 is 0 Å². The predicted molar refractivity (Wildman–Crippen MR) is 85.3 cm³/mol. The Bertz CT molecular complexity index is 388. The van der Waals surface area contributed by atoms with Crippen LogP contribution in [0.25, 0.3) is 0 Å². The van der Waals surface area contributed by atoms with Crippen molar-refractivity contribution < 1.29 is 9.47 Å². The van der Waals surface area contributed by atoms with Gasteiger partial charge in [-0.2, -0.15) is 0 Å². The zero-order valence-electron chi connectivity index (χ0n) is 13.0. The minimum absolute atomic E-state index is 0.383. The number of nitrogens with two attached hydrogens (primary N) is 1. The van der Waals surface area contributed by atoms with Crippen molar-refractivity contribution in [3.8, 4) is 5.75 Å². The second-order valence-electron chi connectivity index (χ2n) is 5.82. The van der Waals surface area contributed by atoms with Gasteiger partial charge in [-0.15, -0.1) is 0 Å². The minimum Gasteiger partial charge on any atom is -0.497 e. The van der Waals surface area contributed by atoms with Gasteiger partial charge in [0.25, 0.3) is 0 Å². The van der Waals surface area contributed by atoms with Crippen molar-refractivity contribution >= 4 is 0 Å². The maximum atomic E-state index is 5.68. The summed E-state index contributed by atoms with van der Waals surface area (Å²) in [5.74, 6) is 6.58. The molecule has 21 heavy (non-hydrogen) atoms. The summed E-state index contributed by atoms with van der Waals surface area (Å²) in [5, 5.41) is 0. The fraction of sp³-hybridized carbons (Fsp3) is 0.647. The first-order valence-corrected chi connectivity index (χ1v) is 8.02. The van der Waals surface area contributed by atoms with E-state index >= 15 is 0 Å². The third-order valence-corrected chi connectivity index (χ3v) is 4.28. The average molecular weight is 292 g/mol. The first-order chi connectivity index (χ1) is 10.3. The van der Waals surface area contributed by atoms with Gasteiger partial charge >= 0.3 is 0 Å². The quantitative estimate of drug-likeness (QED) is 0.543. The van der Waals surface area contributed by atoms with Gasteiger partial charge in [-0.25, -0.2) is 0 Å². The molecule has 1 aliphatic heterocycles. The molecule has 1 aliphatic rings. The molecular formula is C17H28N2O2. The zero-order chi connectivity index (χ0) is 14.9. The first-order valence-electron chi connectivity index (χ1n) is 8.02. The number of hydrazine groups is 1.